The van der Waals surface area contributed by atoms with E-state index in [1.807, 2.05) is 12.1 Å². The molecule has 1 aliphatic rings. The van der Waals surface area contributed by atoms with Crippen LogP contribution in [0.4, 0.5) is 0 Å². The maximum absolute atomic E-state index is 12.0. The zero-order chi connectivity index (χ0) is 20.6. The van der Waals surface area contributed by atoms with Gasteiger partial charge in [0.2, 0.25) is 23.5 Å². The van der Waals surface area contributed by atoms with Crippen LogP contribution < -0.4 is 10.6 Å². The molecule has 1 aliphatic carbocycles. The van der Waals surface area contributed by atoms with Gasteiger partial charge in [-0.3, -0.25) is 9.59 Å². The van der Waals surface area contributed by atoms with Crippen LogP contribution in [0.25, 0.3) is 11.4 Å². The summed E-state index contributed by atoms with van der Waals surface area (Å²) >= 11 is 0. The number of hydrogen-bond acceptors (Lipinski definition) is 5. The number of aromatic nitrogens is 2. The topological polar surface area (TPSA) is 97.1 Å². The monoisotopic (exact) mass is 398 g/mol. The molecule has 1 fully saturated rings. The molecule has 0 bridgehead atoms. The molecule has 1 aromatic carbocycles. The first-order valence-electron chi connectivity index (χ1n) is 10.5. The van der Waals surface area contributed by atoms with Crippen LogP contribution in [0.2, 0.25) is 0 Å². The predicted molar refractivity (Wildman–Crippen MR) is 110 cm³/mol. The zero-order valence-electron chi connectivity index (χ0n) is 17.2. The quantitative estimate of drug-likeness (QED) is 0.632. The maximum Gasteiger partial charge on any atom is 0.227 e. The number of nitrogens with one attached hydrogen (secondary N) is 2. The lowest BCUT2D eigenvalue weighted by Gasteiger charge is -2.10. The Balaban J connectivity index is 1.36. The van der Waals surface area contributed by atoms with Gasteiger partial charge in [-0.15, -0.1) is 0 Å². The summed E-state index contributed by atoms with van der Waals surface area (Å²) in [6, 6.07) is 8.09. The van der Waals surface area contributed by atoms with Crippen molar-refractivity contribution in [3.63, 3.8) is 0 Å². The third kappa shape index (κ3) is 6.14. The molecule has 0 saturated heterocycles. The summed E-state index contributed by atoms with van der Waals surface area (Å²) in [6.45, 7) is 5.18. The van der Waals surface area contributed by atoms with Crippen molar-refractivity contribution >= 4 is 11.8 Å². The molecule has 0 aliphatic heterocycles. The van der Waals surface area contributed by atoms with Gasteiger partial charge in [0.25, 0.3) is 0 Å². The molecular weight excluding hydrogens is 368 g/mol. The number of nitrogens with zero attached hydrogens (tertiary/aromatic N) is 2. The van der Waals surface area contributed by atoms with Crippen molar-refractivity contribution in [2.75, 3.05) is 13.1 Å². The van der Waals surface area contributed by atoms with Gasteiger partial charge in [-0.05, 0) is 24.3 Å². The number of carbonyl (C=O) groups is 2. The minimum absolute atomic E-state index is 0.0962. The van der Waals surface area contributed by atoms with Crippen molar-refractivity contribution in [2.45, 2.75) is 58.3 Å². The molecule has 0 spiro atoms. The lowest BCUT2D eigenvalue weighted by atomic mass is 10.0. The zero-order valence-corrected chi connectivity index (χ0v) is 17.2. The number of hydrogen-bond donors (Lipinski definition) is 2. The van der Waals surface area contributed by atoms with Crippen LogP contribution in [0, 0.1) is 5.92 Å². The summed E-state index contributed by atoms with van der Waals surface area (Å²) in [5.74, 6) is 1.61. The van der Waals surface area contributed by atoms with Gasteiger partial charge in [-0.2, -0.15) is 4.98 Å². The second-order valence-electron chi connectivity index (χ2n) is 7.91. The highest BCUT2D eigenvalue weighted by Gasteiger charge is 2.21. The minimum atomic E-state index is -0.0962. The van der Waals surface area contributed by atoms with E-state index in [0.717, 1.165) is 31.2 Å². The Morgan fingerprint density at radius 3 is 2.48 bits per heavy atom. The van der Waals surface area contributed by atoms with Crippen molar-refractivity contribution in [1.29, 1.82) is 0 Å². The van der Waals surface area contributed by atoms with Crippen LogP contribution in [0.3, 0.4) is 0 Å². The molecule has 0 unspecified atom stereocenters. The van der Waals surface area contributed by atoms with Gasteiger partial charge in [-0.25, -0.2) is 0 Å². The third-order valence-corrected chi connectivity index (χ3v) is 5.34. The fourth-order valence-electron chi connectivity index (χ4n) is 3.52. The van der Waals surface area contributed by atoms with E-state index < -0.39 is 0 Å². The molecule has 29 heavy (non-hydrogen) atoms. The molecular formula is C22H30N4O3. The fraction of sp³-hybridized carbons (Fsp3) is 0.545. The summed E-state index contributed by atoms with van der Waals surface area (Å²) in [7, 11) is 0. The molecule has 2 amide bonds. The van der Waals surface area contributed by atoms with E-state index in [2.05, 4.69) is 46.8 Å². The van der Waals surface area contributed by atoms with E-state index in [4.69, 9.17) is 4.52 Å². The van der Waals surface area contributed by atoms with E-state index >= 15 is 0 Å². The van der Waals surface area contributed by atoms with Crippen molar-refractivity contribution in [3.8, 4) is 11.4 Å². The molecule has 0 radical (unpaired) electrons. The van der Waals surface area contributed by atoms with E-state index in [-0.39, 0.29) is 24.2 Å². The van der Waals surface area contributed by atoms with Crippen LogP contribution in [0.15, 0.2) is 28.8 Å². The van der Waals surface area contributed by atoms with Gasteiger partial charge in [0.1, 0.15) is 0 Å². The lowest BCUT2D eigenvalue weighted by molar-refractivity contribution is -0.125. The molecule has 7 heteroatoms. The first-order chi connectivity index (χ1) is 14.0. The van der Waals surface area contributed by atoms with E-state index in [1.165, 1.54) is 5.56 Å². The normalized spacial score (nSPS) is 14.3. The molecule has 156 valence electrons. The summed E-state index contributed by atoms with van der Waals surface area (Å²) in [5.41, 5.74) is 2.15. The van der Waals surface area contributed by atoms with Gasteiger partial charge >= 0.3 is 0 Å². The summed E-state index contributed by atoms with van der Waals surface area (Å²) < 4.78 is 5.26. The Labute approximate surface area is 171 Å². The molecule has 2 N–H and O–H groups in total. The van der Waals surface area contributed by atoms with Crippen LogP contribution in [-0.2, 0) is 16.0 Å². The number of benzene rings is 1. The Morgan fingerprint density at radius 1 is 1.10 bits per heavy atom. The Hall–Kier alpha value is -2.70. The van der Waals surface area contributed by atoms with E-state index in [1.54, 1.807) is 0 Å². The molecule has 7 nitrogen and oxygen atoms in total. The minimum Gasteiger partial charge on any atom is -0.354 e. The van der Waals surface area contributed by atoms with Crippen molar-refractivity contribution in [2.24, 2.45) is 5.92 Å². The molecule has 3 rings (SSSR count). The predicted octanol–water partition coefficient (Wildman–Crippen LogP) is 3.22. The Kier molecular flexibility index (Phi) is 7.38. The maximum atomic E-state index is 12.0. The molecule has 1 aromatic heterocycles. The van der Waals surface area contributed by atoms with Gasteiger partial charge in [0.15, 0.2) is 0 Å². The lowest BCUT2D eigenvalue weighted by Crippen LogP contribution is -2.37. The molecule has 0 atom stereocenters. The van der Waals surface area contributed by atoms with Crippen LogP contribution in [0.1, 0.15) is 63.3 Å². The molecule has 1 saturated carbocycles. The largest absolute Gasteiger partial charge is 0.354 e. The molecule has 1 heterocycles. The fourth-order valence-corrected chi connectivity index (χ4v) is 3.52. The van der Waals surface area contributed by atoms with Gasteiger partial charge in [0.05, 0.1) is 0 Å². The number of aryl methyl sites for hydroxylation is 1. The molecule has 2 aromatic rings. The van der Waals surface area contributed by atoms with Crippen molar-refractivity contribution in [1.82, 2.24) is 20.8 Å². The highest BCUT2D eigenvalue weighted by molar-refractivity contribution is 5.79. The van der Waals surface area contributed by atoms with Gasteiger partial charge in [-0.1, -0.05) is 56.1 Å². The van der Waals surface area contributed by atoms with E-state index in [9.17, 15) is 9.59 Å². The number of amides is 2. The highest BCUT2D eigenvalue weighted by atomic mass is 16.5. The van der Waals surface area contributed by atoms with Gasteiger partial charge in [0, 0.05) is 37.4 Å². The number of carbonyl (C=O) groups excluding carboxylic acids is 2. The second-order valence-corrected chi connectivity index (χ2v) is 7.91. The summed E-state index contributed by atoms with van der Waals surface area (Å²) in [5, 5.41) is 9.71. The Bertz CT molecular complexity index is 808. The average molecular weight is 399 g/mol. The van der Waals surface area contributed by atoms with Crippen molar-refractivity contribution in [3.05, 3.63) is 35.7 Å². The SMILES string of the molecule is CC(C)c1ccc(-c2noc(CCC(=O)NCCNC(=O)C3CCCC3)n2)cc1. The summed E-state index contributed by atoms with van der Waals surface area (Å²) in [4.78, 5) is 28.3. The number of rotatable bonds is 9. The third-order valence-electron chi connectivity index (χ3n) is 5.34. The van der Waals surface area contributed by atoms with Crippen LogP contribution in [0.5, 0.6) is 0 Å². The van der Waals surface area contributed by atoms with Crippen LogP contribution >= 0.6 is 0 Å². The second kappa shape index (κ2) is 10.2. The smallest absolute Gasteiger partial charge is 0.227 e. The van der Waals surface area contributed by atoms with E-state index in [0.29, 0.717) is 37.1 Å². The standard InChI is InChI=1S/C22H30N4O3/c1-15(2)16-7-9-17(10-8-16)21-25-20(29-26-21)12-11-19(27)23-13-14-24-22(28)18-5-3-4-6-18/h7-10,15,18H,3-6,11-14H2,1-2H3,(H,23,27)(H,24,28). The Morgan fingerprint density at radius 2 is 1.79 bits per heavy atom. The highest BCUT2D eigenvalue weighted by Crippen LogP contribution is 2.24. The first-order valence-corrected chi connectivity index (χ1v) is 10.5. The van der Waals surface area contributed by atoms with Crippen molar-refractivity contribution < 1.29 is 14.1 Å². The first kappa shape index (κ1) is 21.0. The average Bonchev–Trinajstić information content (AvgIpc) is 3.42. The van der Waals surface area contributed by atoms with Crippen LogP contribution in [-0.4, -0.2) is 35.0 Å². The van der Waals surface area contributed by atoms with Gasteiger partial charge < -0.3 is 15.2 Å². The summed E-state index contributed by atoms with van der Waals surface area (Å²) in [6.07, 6.45) is 4.88.